The highest BCUT2D eigenvalue weighted by molar-refractivity contribution is 7.17. The molecule has 1 aliphatic heterocycles. The smallest absolute Gasteiger partial charge is 0.173 e. The first-order valence-electron chi connectivity index (χ1n) is 8.56. The fourth-order valence-corrected chi connectivity index (χ4v) is 4.41. The minimum absolute atomic E-state index is 0.316. The number of halogens is 1. The first kappa shape index (κ1) is 17.3. The summed E-state index contributed by atoms with van der Waals surface area (Å²) in [7, 11) is 0. The lowest BCUT2D eigenvalue weighted by molar-refractivity contribution is 0.641. The Morgan fingerprint density at radius 2 is 2.08 bits per heavy atom. The summed E-state index contributed by atoms with van der Waals surface area (Å²) in [6.45, 7) is 3.47. The van der Waals surface area contributed by atoms with Gasteiger partial charge in [0.15, 0.2) is 5.82 Å². The second kappa shape index (κ2) is 7.65. The van der Waals surface area contributed by atoms with E-state index < -0.39 is 0 Å². The van der Waals surface area contributed by atoms with Gasteiger partial charge in [0.05, 0.1) is 21.6 Å². The summed E-state index contributed by atoms with van der Waals surface area (Å²) in [5.74, 6) is -0.316. The van der Waals surface area contributed by atoms with Crippen LogP contribution >= 0.6 is 22.7 Å². The fourth-order valence-electron chi connectivity index (χ4n) is 2.98. The zero-order chi connectivity index (χ0) is 17.9. The molecule has 3 aromatic heterocycles. The van der Waals surface area contributed by atoms with Crippen molar-refractivity contribution in [1.29, 1.82) is 0 Å². The van der Waals surface area contributed by atoms with E-state index in [1.54, 1.807) is 29.1 Å². The summed E-state index contributed by atoms with van der Waals surface area (Å²) in [5.41, 5.74) is 3.35. The number of pyridine rings is 1. The molecule has 4 nitrogen and oxygen atoms in total. The van der Waals surface area contributed by atoms with Crippen molar-refractivity contribution in [3.63, 3.8) is 0 Å². The van der Waals surface area contributed by atoms with Crippen molar-refractivity contribution in [2.45, 2.75) is 25.8 Å². The lowest BCUT2D eigenvalue weighted by atomic mass is 10.2. The molecule has 0 aliphatic carbocycles. The normalized spacial score (nSPS) is 16.6. The number of thiophene rings is 1. The summed E-state index contributed by atoms with van der Waals surface area (Å²) in [6, 6.07) is 8.25. The predicted molar refractivity (Wildman–Crippen MR) is 109 cm³/mol. The zero-order valence-corrected chi connectivity index (χ0v) is 16.0. The minimum atomic E-state index is -0.316. The summed E-state index contributed by atoms with van der Waals surface area (Å²) in [5, 5.41) is 9.43. The van der Waals surface area contributed by atoms with Crippen molar-refractivity contribution < 1.29 is 4.39 Å². The van der Waals surface area contributed by atoms with Gasteiger partial charge in [-0.2, -0.15) is 0 Å². The van der Waals surface area contributed by atoms with E-state index in [0.29, 0.717) is 11.2 Å². The fraction of sp³-hybridized carbons (Fsp3) is 0.263. The van der Waals surface area contributed by atoms with E-state index in [2.05, 4.69) is 27.5 Å². The highest BCUT2D eigenvalue weighted by atomic mass is 32.1. The Balaban J connectivity index is 0.000000240. The van der Waals surface area contributed by atoms with Crippen LogP contribution in [0, 0.1) is 5.82 Å². The van der Waals surface area contributed by atoms with Crippen molar-refractivity contribution in [3.05, 3.63) is 47.2 Å². The van der Waals surface area contributed by atoms with Crippen molar-refractivity contribution in [2.75, 3.05) is 11.9 Å². The van der Waals surface area contributed by atoms with Crippen molar-refractivity contribution in [3.8, 4) is 0 Å². The largest absolute Gasteiger partial charge is 0.352 e. The number of benzene rings is 1. The second-order valence-electron chi connectivity index (χ2n) is 6.25. The molecule has 4 heterocycles. The monoisotopic (exact) mass is 386 g/mol. The predicted octanol–water partition coefficient (Wildman–Crippen LogP) is 5.55. The molecule has 1 aromatic carbocycles. The summed E-state index contributed by atoms with van der Waals surface area (Å²) >= 11 is 3.00. The first-order chi connectivity index (χ1) is 12.7. The highest BCUT2D eigenvalue weighted by Gasteiger charge is 2.11. The van der Waals surface area contributed by atoms with E-state index in [0.717, 1.165) is 26.6 Å². The molecular weight excluding hydrogens is 367 g/mol. The topological polar surface area (TPSA) is 49.8 Å². The van der Waals surface area contributed by atoms with E-state index in [9.17, 15) is 4.39 Å². The molecular formula is C19H19FN4S2. The van der Waals surface area contributed by atoms with E-state index in [1.165, 1.54) is 30.7 Å². The number of rotatable bonds is 2. The highest BCUT2D eigenvalue weighted by Crippen LogP contribution is 2.32. The van der Waals surface area contributed by atoms with Crippen LogP contribution in [0.3, 0.4) is 0 Å². The molecule has 0 spiro atoms. The van der Waals surface area contributed by atoms with Gasteiger partial charge in [0.25, 0.3) is 0 Å². The van der Waals surface area contributed by atoms with Gasteiger partial charge in [-0.1, -0.05) is 0 Å². The number of hydrogen-bond acceptors (Lipinski definition) is 6. The molecule has 0 amide bonds. The molecule has 0 radical (unpaired) electrons. The van der Waals surface area contributed by atoms with Gasteiger partial charge in [-0.3, -0.25) is 0 Å². The maximum absolute atomic E-state index is 14.4. The number of aromatic nitrogens is 2. The van der Waals surface area contributed by atoms with Gasteiger partial charge in [-0.05, 0) is 56.0 Å². The molecule has 1 fully saturated rings. The summed E-state index contributed by atoms with van der Waals surface area (Å²) < 4.78 is 15.2. The van der Waals surface area contributed by atoms with Crippen molar-refractivity contribution in [1.82, 2.24) is 15.3 Å². The van der Waals surface area contributed by atoms with Gasteiger partial charge < -0.3 is 10.6 Å². The number of fused-ring (bicyclic) bond motifs is 2. The van der Waals surface area contributed by atoms with Gasteiger partial charge in [0.1, 0.15) is 10.3 Å². The van der Waals surface area contributed by atoms with E-state index in [4.69, 9.17) is 0 Å². The summed E-state index contributed by atoms with van der Waals surface area (Å²) in [4.78, 5) is 9.28. The Hall–Kier alpha value is -2.09. The SMILES string of the molecule is CC1CCCN1.Fc1c(Nc2ccnc3sccc23)ccc2scnc12. The Bertz CT molecular complexity index is 1020. The number of nitrogens with zero attached hydrogens (tertiary/aromatic N) is 2. The maximum atomic E-state index is 14.4. The third-order valence-electron chi connectivity index (χ3n) is 4.38. The third-order valence-corrected chi connectivity index (χ3v) is 6.00. The first-order valence-corrected chi connectivity index (χ1v) is 10.3. The minimum Gasteiger partial charge on any atom is -0.352 e. The lowest BCUT2D eigenvalue weighted by Gasteiger charge is -2.08. The average Bonchev–Trinajstić information content (AvgIpc) is 3.39. The van der Waals surface area contributed by atoms with Crippen LogP contribution in [0.25, 0.3) is 20.4 Å². The van der Waals surface area contributed by atoms with Crippen LogP contribution in [0.15, 0.2) is 41.4 Å². The van der Waals surface area contributed by atoms with Crippen molar-refractivity contribution in [2.24, 2.45) is 0 Å². The molecule has 1 unspecified atom stereocenters. The van der Waals surface area contributed by atoms with Gasteiger partial charge in [0, 0.05) is 17.6 Å². The van der Waals surface area contributed by atoms with E-state index in [1.807, 2.05) is 23.6 Å². The van der Waals surface area contributed by atoms with Gasteiger partial charge in [0.2, 0.25) is 0 Å². The third kappa shape index (κ3) is 3.56. The number of anilines is 2. The molecule has 7 heteroatoms. The summed E-state index contributed by atoms with van der Waals surface area (Å²) in [6.07, 6.45) is 4.47. The Morgan fingerprint density at radius 1 is 1.15 bits per heavy atom. The van der Waals surface area contributed by atoms with E-state index in [-0.39, 0.29) is 5.82 Å². The van der Waals surface area contributed by atoms with Crippen LogP contribution in [-0.4, -0.2) is 22.6 Å². The molecule has 0 saturated carbocycles. The van der Waals surface area contributed by atoms with E-state index >= 15 is 0 Å². The van der Waals surface area contributed by atoms with Gasteiger partial charge in [-0.25, -0.2) is 14.4 Å². The molecule has 0 bridgehead atoms. The van der Waals surface area contributed by atoms with Crippen LogP contribution < -0.4 is 10.6 Å². The number of hydrogen-bond donors (Lipinski definition) is 2. The Kier molecular flexibility index (Phi) is 5.10. The molecule has 4 aromatic rings. The number of thiazole rings is 1. The molecule has 1 aliphatic rings. The van der Waals surface area contributed by atoms with Gasteiger partial charge >= 0.3 is 0 Å². The molecule has 2 N–H and O–H groups in total. The van der Waals surface area contributed by atoms with Crippen LogP contribution in [0.1, 0.15) is 19.8 Å². The maximum Gasteiger partial charge on any atom is 0.173 e. The van der Waals surface area contributed by atoms with Crippen LogP contribution in [0.2, 0.25) is 0 Å². The lowest BCUT2D eigenvalue weighted by Crippen LogP contribution is -2.16. The number of nitrogens with one attached hydrogen (secondary N) is 2. The molecule has 1 atom stereocenters. The van der Waals surface area contributed by atoms with Crippen LogP contribution in [0.5, 0.6) is 0 Å². The van der Waals surface area contributed by atoms with Crippen LogP contribution in [0.4, 0.5) is 15.8 Å². The molecule has 26 heavy (non-hydrogen) atoms. The Morgan fingerprint density at radius 3 is 2.85 bits per heavy atom. The zero-order valence-electron chi connectivity index (χ0n) is 14.3. The molecule has 5 rings (SSSR count). The van der Waals surface area contributed by atoms with Crippen LogP contribution in [-0.2, 0) is 0 Å². The average molecular weight is 387 g/mol. The quantitative estimate of drug-likeness (QED) is 0.474. The second-order valence-corrected chi connectivity index (χ2v) is 8.03. The van der Waals surface area contributed by atoms with Gasteiger partial charge in [-0.15, -0.1) is 22.7 Å². The molecule has 1 saturated heterocycles. The Labute approximate surface area is 159 Å². The molecule has 134 valence electrons. The standard InChI is InChI=1S/C14H8FN3S2.C5H11N/c15-12-10(1-2-11-13(12)17-7-20-11)18-9-3-5-16-14-8(9)4-6-19-14;1-5-3-2-4-6-5/h1-7H,(H,16,18);5-6H,2-4H2,1H3. The van der Waals surface area contributed by atoms with Crippen molar-refractivity contribution >= 4 is 54.5 Å².